The van der Waals surface area contributed by atoms with Crippen LogP contribution in [0.5, 0.6) is 0 Å². The molecule has 3 rings (SSSR count). The summed E-state index contributed by atoms with van der Waals surface area (Å²) < 4.78 is 0. The molecule has 1 aliphatic rings. The molecule has 1 nitrogen and oxygen atoms in total. The van der Waals surface area contributed by atoms with Crippen LogP contribution in [0.15, 0.2) is 36.7 Å². The number of nitrogens with zero attached hydrogens (tertiary/aromatic N) is 1. The minimum absolute atomic E-state index is 1.04. The molecule has 0 atom stereocenters. The largest absolute Gasteiger partial charge is 0.264 e. The van der Waals surface area contributed by atoms with Crippen LogP contribution in [0.3, 0.4) is 0 Å². The molecular weight excluding hydrogens is 170 g/mol. The van der Waals surface area contributed by atoms with Crippen LogP contribution < -0.4 is 0 Å². The first kappa shape index (κ1) is 7.74. The first-order chi connectivity index (χ1) is 6.86. The lowest BCUT2D eigenvalue weighted by Gasteiger charge is -2.03. The average Bonchev–Trinajstić information content (AvgIpc) is 2.57. The SMILES string of the molecule is Cc1cccc2c1-c1ccncc1C2. The van der Waals surface area contributed by atoms with E-state index in [9.17, 15) is 0 Å². The lowest BCUT2D eigenvalue weighted by Crippen LogP contribution is -1.82. The minimum atomic E-state index is 1.04. The van der Waals surface area contributed by atoms with Crippen LogP contribution in [0.25, 0.3) is 11.1 Å². The van der Waals surface area contributed by atoms with E-state index in [2.05, 4.69) is 36.2 Å². The number of hydrogen-bond acceptors (Lipinski definition) is 1. The fourth-order valence-electron chi connectivity index (χ4n) is 2.28. The van der Waals surface area contributed by atoms with Crippen molar-refractivity contribution in [3.05, 3.63) is 53.3 Å². The van der Waals surface area contributed by atoms with Crippen LogP contribution in [0, 0.1) is 6.92 Å². The summed E-state index contributed by atoms with van der Waals surface area (Å²) in [7, 11) is 0. The van der Waals surface area contributed by atoms with Gasteiger partial charge in [-0.15, -0.1) is 0 Å². The van der Waals surface area contributed by atoms with Crippen molar-refractivity contribution in [2.45, 2.75) is 13.3 Å². The first-order valence-electron chi connectivity index (χ1n) is 4.88. The molecule has 0 saturated carbocycles. The molecule has 0 bridgehead atoms. The topological polar surface area (TPSA) is 12.9 Å². The smallest absolute Gasteiger partial charge is 0.0309 e. The molecule has 14 heavy (non-hydrogen) atoms. The van der Waals surface area contributed by atoms with Gasteiger partial charge in [-0.05, 0) is 40.8 Å². The van der Waals surface area contributed by atoms with Crippen LogP contribution in [0.4, 0.5) is 0 Å². The Morgan fingerprint density at radius 1 is 1.14 bits per heavy atom. The lowest BCUT2D eigenvalue weighted by atomic mass is 10.0. The molecule has 0 N–H and O–H groups in total. The Bertz CT molecular complexity index is 500. The van der Waals surface area contributed by atoms with Crippen LogP contribution in [-0.2, 0) is 6.42 Å². The van der Waals surface area contributed by atoms with Gasteiger partial charge >= 0.3 is 0 Å². The van der Waals surface area contributed by atoms with Gasteiger partial charge in [0, 0.05) is 18.8 Å². The molecule has 0 amide bonds. The van der Waals surface area contributed by atoms with Gasteiger partial charge < -0.3 is 0 Å². The van der Waals surface area contributed by atoms with Crippen LogP contribution in [0.1, 0.15) is 16.7 Å². The number of aromatic nitrogens is 1. The van der Waals surface area contributed by atoms with E-state index < -0.39 is 0 Å². The average molecular weight is 181 g/mol. The van der Waals surface area contributed by atoms with E-state index in [0.717, 1.165) is 6.42 Å². The van der Waals surface area contributed by atoms with E-state index in [1.807, 2.05) is 12.4 Å². The molecular formula is C13H11N. The highest BCUT2D eigenvalue weighted by Crippen LogP contribution is 2.37. The molecule has 1 aromatic heterocycles. The van der Waals surface area contributed by atoms with Crippen molar-refractivity contribution in [3.63, 3.8) is 0 Å². The normalized spacial score (nSPS) is 12.4. The molecule has 0 radical (unpaired) electrons. The van der Waals surface area contributed by atoms with Gasteiger partial charge in [0.2, 0.25) is 0 Å². The maximum atomic E-state index is 4.17. The Morgan fingerprint density at radius 2 is 2.07 bits per heavy atom. The highest BCUT2D eigenvalue weighted by Gasteiger charge is 2.18. The number of fused-ring (bicyclic) bond motifs is 3. The van der Waals surface area contributed by atoms with Crippen LogP contribution >= 0.6 is 0 Å². The second kappa shape index (κ2) is 2.68. The van der Waals surface area contributed by atoms with Gasteiger partial charge in [-0.3, -0.25) is 4.98 Å². The van der Waals surface area contributed by atoms with Crippen molar-refractivity contribution in [3.8, 4) is 11.1 Å². The Labute approximate surface area is 83.4 Å². The fourth-order valence-corrected chi connectivity index (χ4v) is 2.28. The van der Waals surface area contributed by atoms with Gasteiger partial charge in [-0.1, -0.05) is 18.2 Å². The van der Waals surface area contributed by atoms with Crippen LogP contribution in [-0.4, -0.2) is 4.98 Å². The standard InChI is InChI=1S/C13H11N/c1-9-3-2-4-10-7-11-8-14-6-5-12(11)13(9)10/h2-6,8H,7H2,1H3. The molecule has 0 unspecified atom stereocenters. The molecule has 0 saturated heterocycles. The third-order valence-corrected chi connectivity index (χ3v) is 2.91. The number of rotatable bonds is 0. The Morgan fingerprint density at radius 3 is 3.00 bits per heavy atom. The van der Waals surface area contributed by atoms with Crippen molar-refractivity contribution < 1.29 is 0 Å². The van der Waals surface area contributed by atoms with E-state index in [-0.39, 0.29) is 0 Å². The number of aryl methyl sites for hydroxylation is 1. The van der Waals surface area contributed by atoms with Crippen molar-refractivity contribution >= 4 is 0 Å². The highest BCUT2D eigenvalue weighted by molar-refractivity contribution is 5.78. The van der Waals surface area contributed by atoms with Gasteiger partial charge in [-0.2, -0.15) is 0 Å². The zero-order valence-electron chi connectivity index (χ0n) is 8.12. The predicted octanol–water partition coefficient (Wildman–Crippen LogP) is 2.96. The molecule has 1 heterocycles. The number of pyridine rings is 1. The van der Waals surface area contributed by atoms with E-state index >= 15 is 0 Å². The number of benzene rings is 1. The second-order valence-electron chi connectivity index (χ2n) is 3.82. The summed E-state index contributed by atoms with van der Waals surface area (Å²) >= 11 is 0. The van der Waals surface area contributed by atoms with E-state index in [4.69, 9.17) is 0 Å². The van der Waals surface area contributed by atoms with Gasteiger partial charge in [0.15, 0.2) is 0 Å². The Hall–Kier alpha value is -1.63. The van der Waals surface area contributed by atoms with Crippen molar-refractivity contribution in [1.82, 2.24) is 4.98 Å². The second-order valence-corrected chi connectivity index (χ2v) is 3.82. The van der Waals surface area contributed by atoms with E-state index in [1.165, 1.54) is 27.8 Å². The number of hydrogen-bond donors (Lipinski definition) is 0. The first-order valence-corrected chi connectivity index (χ1v) is 4.88. The van der Waals surface area contributed by atoms with Crippen LogP contribution in [0.2, 0.25) is 0 Å². The molecule has 1 aromatic carbocycles. The van der Waals surface area contributed by atoms with Gasteiger partial charge in [0.1, 0.15) is 0 Å². The maximum Gasteiger partial charge on any atom is 0.0309 e. The third-order valence-electron chi connectivity index (χ3n) is 2.91. The molecule has 1 aliphatic carbocycles. The quantitative estimate of drug-likeness (QED) is 0.519. The summed E-state index contributed by atoms with van der Waals surface area (Å²) in [6.45, 7) is 2.17. The van der Waals surface area contributed by atoms with Gasteiger partial charge in [-0.25, -0.2) is 0 Å². The third kappa shape index (κ3) is 0.925. The fraction of sp³-hybridized carbons (Fsp3) is 0.154. The van der Waals surface area contributed by atoms with Crippen molar-refractivity contribution in [2.75, 3.05) is 0 Å². The maximum absolute atomic E-state index is 4.17. The van der Waals surface area contributed by atoms with E-state index in [1.54, 1.807) is 0 Å². The molecule has 68 valence electrons. The minimum Gasteiger partial charge on any atom is -0.264 e. The molecule has 2 aromatic rings. The zero-order chi connectivity index (χ0) is 9.54. The summed E-state index contributed by atoms with van der Waals surface area (Å²) in [4.78, 5) is 4.17. The molecule has 0 aliphatic heterocycles. The Kier molecular flexibility index (Phi) is 1.48. The summed E-state index contributed by atoms with van der Waals surface area (Å²) in [5.41, 5.74) is 6.95. The van der Waals surface area contributed by atoms with E-state index in [0.29, 0.717) is 0 Å². The highest BCUT2D eigenvalue weighted by atomic mass is 14.6. The predicted molar refractivity (Wildman–Crippen MR) is 57.2 cm³/mol. The summed E-state index contributed by atoms with van der Waals surface area (Å²) in [6.07, 6.45) is 4.90. The van der Waals surface area contributed by atoms with Gasteiger partial charge in [0.25, 0.3) is 0 Å². The summed E-state index contributed by atoms with van der Waals surface area (Å²) in [5.74, 6) is 0. The van der Waals surface area contributed by atoms with Crippen molar-refractivity contribution in [1.29, 1.82) is 0 Å². The van der Waals surface area contributed by atoms with Gasteiger partial charge in [0.05, 0.1) is 0 Å². The lowest BCUT2D eigenvalue weighted by molar-refractivity contribution is 1.20. The monoisotopic (exact) mass is 181 g/mol. The van der Waals surface area contributed by atoms with Crippen molar-refractivity contribution in [2.24, 2.45) is 0 Å². The summed E-state index contributed by atoms with van der Waals surface area (Å²) in [5, 5.41) is 0. The Balaban J connectivity index is 2.35. The zero-order valence-corrected chi connectivity index (χ0v) is 8.12. The summed E-state index contributed by atoms with van der Waals surface area (Å²) in [6, 6.07) is 8.64. The molecule has 0 fully saturated rings. The molecule has 0 spiro atoms. The molecule has 1 heteroatoms.